The van der Waals surface area contributed by atoms with E-state index in [1.807, 2.05) is 28.9 Å². The molecule has 2 fully saturated rings. The van der Waals surface area contributed by atoms with Crippen LogP contribution in [0, 0.1) is 11.3 Å². The molecule has 0 bridgehead atoms. The molecular formula is C23H26N6O2. The molecule has 1 atom stereocenters. The van der Waals surface area contributed by atoms with Crippen LogP contribution >= 0.6 is 0 Å². The van der Waals surface area contributed by atoms with E-state index in [1.54, 1.807) is 19.5 Å². The summed E-state index contributed by atoms with van der Waals surface area (Å²) in [5.41, 5.74) is 2.72. The van der Waals surface area contributed by atoms with Crippen molar-refractivity contribution in [1.29, 1.82) is 0 Å². The van der Waals surface area contributed by atoms with Gasteiger partial charge in [-0.3, -0.25) is 4.79 Å². The predicted octanol–water partition coefficient (Wildman–Crippen LogP) is 3.81. The maximum Gasteiger partial charge on any atom is 0.232 e. The van der Waals surface area contributed by atoms with Gasteiger partial charge in [0, 0.05) is 19.0 Å². The maximum atomic E-state index is 11.5. The van der Waals surface area contributed by atoms with Crippen LogP contribution in [0.25, 0.3) is 17.2 Å². The molecule has 3 aromatic rings. The molecule has 2 aliphatic carbocycles. The highest BCUT2D eigenvalue weighted by molar-refractivity contribution is 5.88. The summed E-state index contributed by atoms with van der Waals surface area (Å²) >= 11 is 0. The molecule has 0 saturated heterocycles. The minimum absolute atomic E-state index is 0.105. The Morgan fingerprint density at radius 3 is 2.84 bits per heavy atom. The Kier molecular flexibility index (Phi) is 4.92. The third kappa shape index (κ3) is 3.89. The van der Waals surface area contributed by atoms with Gasteiger partial charge in [-0.15, -0.1) is 5.10 Å². The van der Waals surface area contributed by atoms with E-state index in [1.165, 1.54) is 39.0 Å². The smallest absolute Gasteiger partial charge is 0.232 e. The number of nitrogens with zero attached hydrogens (tertiary/aromatic N) is 5. The molecule has 5 rings (SSSR count). The fourth-order valence-electron chi connectivity index (χ4n) is 4.82. The van der Waals surface area contributed by atoms with E-state index >= 15 is 0 Å². The molecule has 1 unspecified atom stereocenters. The minimum atomic E-state index is -0.105. The van der Waals surface area contributed by atoms with Crippen molar-refractivity contribution in [3.63, 3.8) is 0 Å². The molecule has 1 N–H and O–H groups in total. The molecule has 1 aromatic carbocycles. The van der Waals surface area contributed by atoms with E-state index in [9.17, 15) is 4.79 Å². The van der Waals surface area contributed by atoms with Gasteiger partial charge in [-0.25, -0.2) is 19.6 Å². The van der Waals surface area contributed by atoms with Crippen molar-refractivity contribution in [2.45, 2.75) is 45.4 Å². The second-order valence-electron chi connectivity index (χ2n) is 8.59. The standard InChI is InChI=1S/C23H26N6O2/c1-15(30)26-17-6-3-7-18(12-17)29-20(11-16-5-4-8-23(16)9-10-23)27-22(28-29)19-13-25-21(31-2)14-24-19/h3,6-7,12-14,16H,4-5,8-11H2,1-2H3,(H,26,30). The second-order valence-corrected chi connectivity index (χ2v) is 8.59. The largest absolute Gasteiger partial charge is 0.480 e. The molecule has 1 amide bonds. The Hall–Kier alpha value is -3.29. The Labute approximate surface area is 181 Å². The summed E-state index contributed by atoms with van der Waals surface area (Å²) in [5, 5.41) is 7.63. The van der Waals surface area contributed by atoms with Gasteiger partial charge in [0.2, 0.25) is 17.6 Å². The number of amides is 1. The van der Waals surface area contributed by atoms with Gasteiger partial charge in [0.15, 0.2) is 0 Å². The summed E-state index contributed by atoms with van der Waals surface area (Å²) in [4.78, 5) is 25.0. The Morgan fingerprint density at radius 2 is 2.13 bits per heavy atom. The number of hydrogen-bond donors (Lipinski definition) is 1. The van der Waals surface area contributed by atoms with Crippen molar-refractivity contribution in [3.05, 3.63) is 42.5 Å². The van der Waals surface area contributed by atoms with Crippen LogP contribution in [-0.2, 0) is 11.2 Å². The van der Waals surface area contributed by atoms with E-state index in [0.717, 1.165) is 23.6 Å². The summed E-state index contributed by atoms with van der Waals surface area (Å²) in [6, 6.07) is 7.68. The van der Waals surface area contributed by atoms with Gasteiger partial charge >= 0.3 is 0 Å². The number of aromatic nitrogens is 5. The summed E-state index contributed by atoms with van der Waals surface area (Å²) in [6.45, 7) is 1.50. The highest BCUT2D eigenvalue weighted by atomic mass is 16.5. The van der Waals surface area contributed by atoms with E-state index < -0.39 is 0 Å². The van der Waals surface area contributed by atoms with Crippen molar-refractivity contribution in [3.8, 4) is 23.1 Å². The lowest BCUT2D eigenvalue weighted by Crippen LogP contribution is -2.15. The first kappa shape index (κ1) is 19.7. The van der Waals surface area contributed by atoms with E-state index in [-0.39, 0.29) is 5.91 Å². The number of carbonyl (C=O) groups excluding carboxylic acids is 1. The van der Waals surface area contributed by atoms with Gasteiger partial charge in [0.05, 0.1) is 25.2 Å². The molecule has 0 aliphatic heterocycles. The van der Waals surface area contributed by atoms with Crippen LogP contribution in [0.1, 0.15) is 44.9 Å². The molecule has 0 radical (unpaired) electrons. The van der Waals surface area contributed by atoms with Gasteiger partial charge < -0.3 is 10.1 Å². The Bertz CT molecular complexity index is 1100. The quantitative estimate of drug-likeness (QED) is 0.654. The van der Waals surface area contributed by atoms with Gasteiger partial charge in [-0.05, 0) is 55.2 Å². The SMILES string of the molecule is COc1cnc(-c2nc(CC3CCCC34CC4)n(-c3cccc(NC(C)=O)c3)n2)cn1. The lowest BCUT2D eigenvalue weighted by molar-refractivity contribution is -0.114. The average molecular weight is 419 g/mol. The van der Waals surface area contributed by atoms with E-state index in [2.05, 4.69) is 15.3 Å². The summed E-state index contributed by atoms with van der Waals surface area (Å²) in [7, 11) is 1.56. The second kappa shape index (κ2) is 7.76. The first-order valence-corrected chi connectivity index (χ1v) is 10.8. The zero-order valence-corrected chi connectivity index (χ0v) is 17.8. The van der Waals surface area contributed by atoms with Crippen LogP contribution in [0.3, 0.4) is 0 Å². The molecule has 31 heavy (non-hydrogen) atoms. The van der Waals surface area contributed by atoms with Gasteiger partial charge in [-0.1, -0.05) is 12.5 Å². The highest BCUT2D eigenvalue weighted by Crippen LogP contribution is 2.62. The summed E-state index contributed by atoms with van der Waals surface area (Å²) in [6.07, 6.45) is 10.6. The van der Waals surface area contributed by atoms with Crippen molar-refractivity contribution >= 4 is 11.6 Å². The highest BCUT2D eigenvalue weighted by Gasteiger charge is 2.51. The maximum absolute atomic E-state index is 11.5. The zero-order chi connectivity index (χ0) is 21.4. The van der Waals surface area contributed by atoms with Crippen molar-refractivity contribution in [2.24, 2.45) is 11.3 Å². The Morgan fingerprint density at radius 1 is 1.26 bits per heavy atom. The number of hydrogen-bond acceptors (Lipinski definition) is 6. The molecule has 8 nitrogen and oxygen atoms in total. The molecule has 160 valence electrons. The van der Waals surface area contributed by atoms with Crippen LogP contribution < -0.4 is 10.1 Å². The van der Waals surface area contributed by atoms with Crippen LogP contribution in [0.4, 0.5) is 5.69 Å². The number of rotatable bonds is 6. The fraction of sp³-hybridized carbons (Fsp3) is 0.435. The van der Waals surface area contributed by atoms with Crippen molar-refractivity contribution in [1.82, 2.24) is 24.7 Å². The number of carbonyl (C=O) groups is 1. The van der Waals surface area contributed by atoms with Crippen LogP contribution in [0.2, 0.25) is 0 Å². The first-order chi connectivity index (χ1) is 15.1. The first-order valence-electron chi connectivity index (χ1n) is 10.8. The van der Waals surface area contributed by atoms with Gasteiger partial charge in [0.25, 0.3) is 0 Å². The predicted molar refractivity (Wildman–Crippen MR) is 116 cm³/mol. The number of nitrogens with one attached hydrogen (secondary N) is 1. The van der Waals surface area contributed by atoms with Gasteiger partial charge in [-0.2, -0.15) is 0 Å². The molecular weight excluding hydrogens is 392 g/mol. The number of benzene rings is 1. The third-order valence-electron chi connectivity index (χ3n) is 6.57. The van der Waals surface area contributed by atoms with Crippen LogP contribution in [-0.4, -0.2) is 37.7 Å². The molecule has 2 saturated carbocycles. The summed E-state index contributed by atoms with van der Waals surface area (Å²) in [5.74, 6) is 2.45. The van der Waals surface area contributed by atoms with Crippen LogP contribution in [0.5, 0.6) is 5.88 Å². The van der Waals surface area contributed by atoms with Crippen molar-refractivity contribution < 1.29 is 9.53 Å². The topological polar surface area (TPSA) is 94.8 Å². The lowest BCUT2D eigenvalue weighted by Gasteiger charge is -2.18. The zero-order valence-electron chi connectivity index (χ0n) is 17.8. The van der Waals surface area contributed by atoms with E-state index in [4.69, 9.17) is 14.8 Å². The summed E-state index contributed by atoms with van der Waals surface area (Å²) < 4.78 is 7.00. The average Bonchev–Trinajstić information content (AvgIpc) is 3.27. The number of ether oxygens (including phenoxy) is 1. The molecule has 8 heteroatoms. The Balaban J connectivity index is 1.53. The lowest BCUT2D eigenvalue weighted by atomic mass is 9.89. The number of methoxy groups -OCH3 is 1. The third-order valence-corrected chi connectivity index (χ3v) is 6.57. The monoisotopic (exact) mass is 418 g/mol. The molecule has 2 aromatic heterocycles. The number of anilines is 1. The minimum Gasteiger partial charge on any atom is -0.480 e. The molecule has 1 spiro atoms. The van der Waals surface area contributed by atoms with Crippen molar-refractivity contribution in [2.75, 3.05) is 12.4 Å². The fourth-order valence-corrected chi connectivity index (χ4v) is 4.82. The van der Waals surface area contributed by atoms with Gasteiger partial charge in [0.1, 0.15) is 11.5 Å². The molecule has 2 aliphatic rings. The normalized spacial score (nSPS) is 18.8. The molecule has 2 heterocycles. The van der Waals surface area contributed by atoms with Crippen LogP contribution in [0.15, 0.2) is 36.7 Å². The van der Waals surface area contributed by atoms with E-state index in [0.29, 0.717) is 28.7 Å².